The first-order valence-electron chi connectivity index (χ1n) is 8.83. The van der Waals surface area contributed by atoms with E-state index in [9.17, 15) is 8.78 Å². The van der Waals surface area contributed by atoms with Gasteiger partial charge in [0.1, 0.15) is 5.75 Å². The van der Waals surface area contributed by atoms with E-state index in [1.165, 1.54) is 25.7 Å². The Morgan fingerprint density at radius 3 is 2.17 bits per heavy atom. The van der Waals surface area contributed by atoms with Gasteiger partial charge in [0.15, 0.2) is 0 Å². The van der Waals surface area contributed by atoms with Crippen molar-refractivity contribution < 1.29 is 13.5 Å². The Hall–Kier alpha value is -1.20. The first kappa shape index (κ1) is 17.6. The minimum Gasteiger partial charge on any atom is -0.434 e. The molecule has 0 amide bonds. The van der Waals surface area contributed by atoms with Crippen molar-refractivity contribution >= 4 is 0 Å². The second-order valence-corrected chi connectivity index (χ2v) is 7.64. The van der Waals surface area contributed by atoms with E-state index in [2.05, 4.69) is 35.7 Å². The molecule has 0 spiro atoms. The molecule has 24 heavy (non-hydrogen) atoms. The van der Waals surface area contributed by atoms with E-state index in [0.717, 1.165) is 23.4 Å². The molecule has 0 radical (unpaired) electrons. The number of ether oxygens (including phenoxy) is 1. The highest BCUT2D eigenvalue weighted by atomic mass is 19.3. The summed E-state index contributed by atoms with van der Waals surface area (Å²) in [5.74, 6) is 1.93. The van der Waals surface area contributed by atoms with Crippen LogP contribution in [0.15, 0.2) is 24.3 Å². The number of hydrogen-bond acceptors (Lipinski definition) is 3. The molecule has 2 aliphatic rings. The zero-order chi connectivity index (χ0) is 17.3. The van der Waals surface area contributed by atoms with Crippen LogP contribution in [-0.4, -0.2) is 49.6 Å². The predicted octanol–water partition coefficient (Wildman–Crippen LogP) is 3.84. The van der Waals surface area contributed by atoms with Crippen LogP contribution >= 0.6 is 0 Å². The molecule has 3 nitrogen and oxygen atoms in total. The summed E-state index contributed by atoms with van der Waals surface area (Å²) in [6, 6.07) is 8.40. The highest BCUT2D eigenvalue weighted by molar-refractivity contribution is 5.33. The topological polar surface area (TPSA) is 15.7 Å². The average molecular weight is 338 g/mol. The Kier molecular flexibility index (Phi) is 5.40. The van der Waals surface area contributed by atoms with Gasteiger partial charge in [0.05, 0.1) is 0 Å². The number of nitrogens with zero attached hydrogens (tertiary/aromatic N) is 2. The van der Waals surface area contributed by atoms with Gasteiger partial charge in [-0.15, -0.1) is 0 Å². The Morgan fingerprint density at radius 2 is 1.58 bits per heavy atom. The van der Waals surface area contributed by atoms with Crippen molar-refractivity contribution in [1.29, 1.82) is 0 Å². The van der Waals surface area contributed by atoms with Gasteiger partial charge in [0, 0.05) is 24.2 Å². The fourth-order valence-corrected chi connectivity index (χ4v) is 4.58. The van der Waals surface area contributed by atoms with Gasteiger partial charge in [-0.25, -0.2) is 0 Å². The van der Waals surface area contributed by atoms with E-state index in [1.54, 1.807) is 12.1 Å². The van der Waals surface area contributed by atoms with Crippen molar-refractivity contribution in [2.45, 2.75) is 50.9 Å². The van der Waals surface area contributed by atoms with E-state index in [1.807, 2.05) is 12.1 Å². The third-order valence-electron chi connectivity index (χ3n) is 5.93. The van der Waals surface area contributed by atoms with Crippen LogP contribution in [0.5, 0.6) is 5.75 Å². The summed E-state index contributed by atoms with van der Waals surface area (Å²) in [6.07, 6.45) is 5.05. The van der Waals surface area contributed by atoms with Crippen LogP contribution < -0.4 is 4.74 Å². The highest BCUT2D eigenvalue weighted by Crippen LogP contribution is 2.46. The van der Waals surface area contributed by atoms with Crippen LogP contribution in [-0.2, 0) is 6.54 Å². The van der Waals surface area contributed by atoms with E-state index in [0.29, 0.717) is 18.3 Å². The molecule has 0 N–H and O–H groups in total. The quantitative estimate of drug-likeness (QED) is 0.784. The Bertz CT molecular complexity index is 538. The summed E-state index contributed by atoms with van der Waals surface area (Å²) in [5, 5.41) is 0. The zero-order valence-corrected chi connectivity index (χ0v) is 14.8. The maximum atomic E-state index is 12.6. The first-order valence-corrected chi connectivity index (χ1v) is 8.83. The second-order valence-electron chi connectivity index (χ2n) is 7.64. The molecule has 0 saturated heterocycles. The molecule has 0 aromatic heterocycles. The lowest BCUT2D eigenvalue weighted by Gasteiger charge is -2.27. The van der Waals surface area contributed by atoms with Gasteiger partial charge < -0.3 is 9.64 Å². The summed E-state index contributed by atoms with van der Waals surface area (Å²) in [6.45, 7) is -2.12. The van der Waals surface area contributed by atoms with Crippen molar-refractivity contribution in [3.05, 3.63) is 29.8 Å². The largest absolute Gasteiger partial charge is 0.434 e. The molecular weight excluding hydrogens is 310 g/mol. The lowest BCUT2D eigenvalue weighted by Crippen LogP contribution is -2.31. The van der Waals surface area contributed by atoms with Gasteiger partial charge >= 0.3 is 6.61 Å². The molecule has 1 aromatic rings. The van der Waals surface area contributed by atoms with Crippen molar-refractivity contribution in [3.63, 3.8) is 0 Å². The summed E-state index contributed by atoms with van der Waals surface area (Å²) < 4.78 is 29.8. The van der Waals surface area contributed by atoms with E-state index < -0.39 is 6.61 Å². The number of hydrogen-bond donors (Lipinski definition) is 0. The minimum atomic E-state index is -2.77. The molecule has 3 rings (SSSR count). The fourth-order valence-electron chi connectivity index (χ4n) is 4.58. The number of halogens is 2. The summed E-state index contributed by atoms with van der Waals surface area (Å²) in [5.41, 5.74) is 0.837. The standard InChI is InChI=1S/C19H28F2N2O/c1-22(2)16-8-14-10-17(11-15(14)9-16)23(3)12-13-6-4-5-7-18(13)24-19(20)21/h4-7,14-17,19H,8-12H2,1-3H3/t14-,15+,16?,17?. The second kappa shape index (κ2) is 7.36. The van der Waals surface area contributed by atoms with Crippen LogP contribution in [0.25, 0.3) is 0 Å². The van der Waals surface area contributed by atoms with Crippen molar-refractivity contribution in [1.82, 2.24) is 9.80 Å². The molecule has 134 valence electrons. The molecule has 1 aromatic carbocycles. The third kappa shape index (κ3) is 3.89. The van der Waals surface area contributed by atoms with E-state index in [-0.39, 0.29) is 0 Å². The van der Waals surface area contributed by atoms with Gasteiger partial charge in [-0.3, -0.25) is 4.90 Å². The summed E-state index contributed by atoms with van der Waals surface area (Å²) in [4.78, 5) is 4.67. The minimum absolute atomic E-state index is 0.296. The van der Waals surface area contributed by atoms with E-state index >= 15 is 0 Å². The first-order chi connectivity index (χ1) is 11.4. The van der Waals surface area contributed by atoms with Crippen LogP contribution in [0.2, 0.25) is 0 Å². The van der Waals surface area contributed by atoms with Crippen LogP contribution in [0.4, 0.5) is 8.78 Å². The van der Waals surface area contributed by atoms with E-state index in [4.69, 9.17) is 0 Å². The van der Waals surface area contributed by atoms with Gasteiger partial charge in [-0.2, -0.15) is 8.78 Å². The predicted molar refractivity (Wildman–Crippen MR) is 91.3 cm³/mol. The Labute approximate surface area is 143 Å². The smallest absolute Gasteiger partial charge is 0.387 e. The lowest BCUT2D eigenvalue weighted by atomic mass is 10.0. The Morgan fingerprint density at radius 1 is 1.00 bits per heavy atom. The number of benzene rings is 1. The van der Waals surface area contributed by atoms with Crippen LogP contribution in [0.1, 0.15) is 31.2 Å². The molecule has 4 atom stereocenters. The molecule has 2 fully saturated rings. The summed E-state index contributed by atoms with van der Waals surface area (Å²) >= 11 is 0. The monoisotopic (exact) mass is 338 g/mol. The maximum absolute atomic E-state index is 12.6. The normalized spacial score (nSPS) is 29.7. The van der Waals surface area contributed by atoms with Crippen LogP contribution in [0.3, 0.4) is 0 Å². The van der Waals surface area contributed by atoms with Gasteiger partial charge in [-0.1, -0.05) is 18.2 Å². The molecule has 2 unspecified atom stereocenters. The zero-order valence-electron chi connectivity index (χ0n) is 14.8. The number of fused-ring (bicyclic) bond motifs is 1. The van der Waals surface area contributed by atoms with Gasteiger partial charge in [0.25, 0.3) is 0 Å². The summed E-state index contributed by atoms with van der Waals surface area (Å²) in [7, 11) is 6.46. The number of alkyl halides is 2. The lowest BCUT2D eigenvalue weighted by molar-refractivity contribution is -0.0508. The van der Waals surface area contributed by atoms with Crippen molar-refractivity contribution in [2.24, 2.45) is 11.8 Å². The average Bonchev–Trinajstić information content (AvgIpc) is 3.07. The fraction of sp³-hybridized carbons (Fsp3) is 0.684. The van der Waals surface area contributed by atoms with Crippen LogP contribution in [0, 0.1) is 11.8 Å². The molecular formula is C19H28F2N2O. The van der Waals surface area contributed by atoms with Gasteiger partial charge in [0.2, 0.25) is 0 Å². The molecule has 0 bridgehead atoms. The highest BCUT2D eigenvalue weighted by Gasteiger charge is 2.43. The van der Waals surface area contributed by atoms with Crippen molar-refractivity contribution in [2.75, 3.05) is 21.1 Å². The Balaban J connectivity index is 1.59. The molecule has 0 heterocycles. The molecule has 2 aliphatic carbocycles. The molecule has 5 heteroatoms. The maximum Gasteiger partial charge on any atom is 0.387 e. The molecule has 0 aliphatic heterocycles. The SMILES string of the molecule is CN(C)C1C[C@@H]2CC(N(C)Cc3ccccc3OC(F)F)C[C@@H]2C1. The third-order valence-corrected chi connectivity index (χ3v) is 5.93. The van der Waals surface area contributed by atoms with Gasteiger partial charge in [-0.05, 0) is 64.7 Å². The van der Waals surface area contributed by atoms with Crippen molar-refractivity contribution in [3.8, 4) is 5.75 Å². The molecule has 2 saturated carbocycles. The number of rotatable bonds is 6. The number of para-hydroxylation sites is 1.